The van der Waals surface area contributed by atoms with Crippen LogP contribution in [0.1, 0.15) is 27.5 Å². The molecule has 2 aromatic carbocycles. The van der Waals surface area contributed by atoms with Crippen LogP contribution >= 0.6 is 11.6 Å². The minimum atomic E-state index is -4.67. The van der Waals surface area contributed by atoms with Gasteiger partial charge in [0, 0.05) is 16.1 Å². The van der Waals surface area contributed by atoms with E-state index in [0.29, 0.717) is 16.0 Å². The Balaban J connectivity index is 1.98. The van der Waals surface area contributed by atoms with E-state index in [1.54, 1.807) is 0 Å². The zero-order valence-electron chi connectivity index (χ0n) is 13.4. The van der Waals surface area contributed by atoms with Crippen LogP contribution in [0.25, 0.3) is 0 Å². The fourth-order valence-electron chi connectivity index (χ4n) is 2.72. The molecular weight excluding hydrogens is 387 g/mol. The first-order chi connectivity index (χ1) is 12.6. The summed E-state index contributed by atoms with van der Waals surface area (Å²) in [5.41, 5.74) is 3.99. The lowest BCUT2D eigenvalue weighted by Crippen LogP contribution is -2.43. The van der Waals surface area contributed by atoms with Gasteiger partial charge in [-0.3, -0.25) is 9.59 Å². The van der Waals surface area contributed by atoms with E-state index in [9.17, 15) is 27.6 Å². The molecule has 0 spiro atoms. The first kappa shape index (κ1) is 18.7. The Hall–Kier alpha value is -3.07. The van der Waals surface area contributed by atoms with Gasteiger partial charge in [0.15, 0.2) is 0 Å². The molecule has 0 radical (unpaired) electrons. The van der Waals surface area contributed by atoms with Crippen molar-refractivity contribution in [2.24, 2.45) is 5.73 Å². The van der Waals surface area contributed by atoms with Gasteiger partial charge in [0.1, 0.15) is 6.04 Å². The van der Waals surface area contributed by atoms with Gasteiger partial charge in [-0.25, -0.2) is 9.69 Å². The number of hydrogen-bond donors (Lipinski definition) is 2. The number of urea groups is 1. The minimum absolute atomic E-state index is 0.0362. The molecular formula is C17H11ClF3N3O3. The molecule has 2 aromatic rings. The summed E-state index contributed by atoms with van der Waals surface area (Å²) < 4.78 is 38.8. The number of carbonyl (C=O) groups is 3. The maximum Gasteiger partial charge on any atom is 0.416 e. The molecule has 1 heterocycles. The SMILES string of the molecule is NC(=O)N1C(=O)C(NC(=O)c2ccc(Cl)cc2)c2ccc(C(F)(F)F)cc21. The number of hydrogen-bond acceptors (Lipinski definition) is 3. The molecule has 0 fully saturated rings. The van der Waals surface area contributed by atoms with Crippen LogP contribution in [0.2, 0.25) is 5.02 Å². The number of fused-ring (bicyclic) bond motifs is 1. The van der Waals surface area contributed by atoms with E-state index in [-0.39, 0.29) is 16.8 Å². The van der Waals surface area contributed by atoms with E-state index in [0.717, 1.165) is 12.1 Å². The lowest BCUT2D eigenvalue weighted by Gasteiger charge is -2.14. The Kier molecular flexibility index (Phi) is 4.56. The zero-order valence-corrected chi connectivity index (χ0v) is 14.1. The molecule has 10 heteroatoms. The highest BCUT2D eigenvalue weighted by molar-refractivity contribution is 6.30. The molecule has 1 unspecified atom stereocenters. The molecule has 4 amide bonds. The summed E-state index contributed by atoms with van der Waals surface area (Å²) in [6.45, 7) is 0. The van der Waals surface area contributed by atoms with E-state index >= 15 is 0 Å². The van der Waals surface area contributed by atoms with Gasteiger partial charge in [0.05, 0.1) is 11.3 Å². The van der Waals surface area contributed by atoms with Crippen LogP contribution < -0.4 is 16.0 Å². The van der Waals surface area contributed by atoms with Gasteiger partial charge in [-0.2, -0.15) is 13.2 Å². The Morgan fingerprint density at radius 3 is 2.30 bits per heavy atom. The van der Waals surface area contributed by atoms with Crippen molar-refractivity contribution in [3.8, 4) is 0 Å². The van der Waals surface area contributed by atoms with E-state index in [4.69, 9.17) is 17.3 Å². The third-order valence-corrected chi connectivity index (χ3v) is 4.23. The van der Waals surface area contributed by atoms with Crippen molar-refractivity contribution in [3.63, 3.8) is 0 Å². The number of primary amides is 1. The molecule has 0 bridgehead atoms. The predicted octanol–water partition coefficient (Wildman–Crippen LogP) is 3.26. The number of nitrogens with zero attached hydrogens (tertiary/aromatic N) is 1. The Morgan fingerprint density at radius 1 is 1.11 bits per heavy atom. The second-order valence-electron chi connectivity index (χ2n) is 5.70. The Bertz CT molecular complexity index is 945. The number of anilines is 1. The molecule has 27 heavy (non-hydrogen) atoms. The zero-order chi connectivity index (χ0) is 19.9. The molecule has 3 N–H and O–H groups in total. The maximum atomic E-state index is 12.9. The van der Waals surface area contributed by atoms with Gasteiger partial charge in [-0.05, 0) is 36.4 Å². The summed E-state index contributed by atoms with van der Waals surface area (Å²) in [5, 5.41) is 2.80. The molecule has 1 aliphatic heterocycles. The van der Waals surface area contributed by atoms with Crippen LogP contribution in [-0.2, 0) is 11.0 Å². The monoisotopic (exact) mass is 397 g/mol. The lowest BCUT2D eigenvalue weighted by molar-refractivity contribution is -0.137. The fraction of sp³-hybridized carbons (Fsp3) is 0.118. The standard InChI is InChI=1S/C17H11ClF3N3O3/c18-10-4-1-8(2-5-10)14(25)23-13-11-6-3-9(17(19,20)21)7-12(11)24(15(13)26)16(22)27/h1-7,13H,(H2,22,27)(H,23,25). The number of alkyl halides is 3. The molecule has 0 aromatic heterocycles. The second kappa shape index (κ2) is 6.58. The summed E-state index contributed by atoms with van der Waals surface area (Å²) in [6.07, 6.45) is -4.67. The third kappa shape index (κ3) is 3.45. The predicted molar refractivity (Wildman–Crippen MR) is 90.2 cm³/mol. The van der Waals surface area contributed by atoms with E-state index < -0.39 is 35.6 Å². The lowest BCUT2D eigenvalue weighted by atomic mass is 10.0. The highest BCUT2D eigenvalue weighted by Crippen LogP contribution is 2.40. The highest BCUT2D eigenvalue weighted by Gasteiger charge is 2.43. The van der Waals surface area contributed by atoms with E-state index in [1.807, 2.05) is 0 Å². The van der Waals surface area contributed by atoms with Crippen LogP contribution in [-0.4, -0.2) is 17.8 Å². The quantitative estimate of drug-likeness (QED) is 0.814. The normalized spacial score (nSPS) is 16.2. The maximum absolute atomic E-state index is 12.9. The van der Waals surface area contributed by atoms with Crippen molar-refractivity contribution in [1.29, 1.82) is 0 Å². The molecule has 3 rings (SSSR count). The minimum Gasteiger partial charge on any atom is -0.351 e. The van der Waals surface area contributed by atoms with Gasteiger partial charge in [0.25, 0.3) is 11.8 Å². The largest absolute Gasteiger partial charge is 0.416 e. The van der Waals surface area contributed by atoms with E-state index in [1.165, 1.54) is 24.3 Å². The van der Waals surface area contributed by atoms with Crippen LogP contribution in [0.4, 0.5) is 23.7 Å². The van der Waals surface area contributed by atoms with Crippen molar-refractivity contribution in [2.75, 3.05) is 4.90 Å². The first-order valence-corrected chi connectivity index (χ1v) is 7.88. The summed E-state index contributed by atoms with van der Waals surface area (Å²) >= 11 is 5.75. The molecule has 140 valence electrons. The number of carbonyl (C=O) groups excluding carboxylic acids is 3. The van der Waals surface area contributed by atoms with Crippen LogP contribution in [0.15, 0.2) is 42.5 Å². The number of nitrogens with two attached hydrogens (primary N) is 1. The Morgan fingerprint density at radius 2 is 1.74 bits per heavy atom. The van der Waals surface area contributed by atoms with Gasteiger partial charge >= 0.3 is 12.2 Å². The third-order valence-electron chi connectivity index (χ3n) is 3.98. The summed E-state index contributed by atoms with van der Waals surface area (Å²) in [6, 6.07) is 5.60. The van der Waals surface area contributed by atoms with Gasteiger partial charge in [-0.15, -0.1) is 0 Å². The van der Waals surface area contributed by atoms with Crippen LogP contribution in [0.3, 0.4) is 0 Å². The topological polar surface area (TPSA) is 92.5 Å². The van der Waals surface area contributed by atoms with Crippen LogP contribution in [0, 0.1) is 0 Å². The molecule has 6 nitrogen and oxygen atoms in total. The average molecular weight is 398 g/mol. The second-order valence-corrected chi connectivity index (χ2v) is 6.13. The Labute approximate surface area is 155 Å². The van der Waals surface area contributed by atoms with Crippen molar-refractivity contribution >= 4 is 35.1 Å². The number of nitrogens with one attached hydrogen (secondary N) is 1. The van der Waals surface area contributed by atoms with Crippen molar-refractivity contribution < 1.29 is 27.6 Å². The van der Waals surface area contributed by atoms with Crippen LogP contribution in [0.5, 0.6) is 0 Å². The number of amides is 4. The number of imide groups is 1. The summed E-state index contributed by atoms with van der Waals surface area (Å²) in [5.74, 6) is -1.61. The smallest absolute Gasteiger partial charge is 0.351 e. The first-order valence-electron chi connectivity index (χ1n) is 7.50. The number of halogens is 4. The molecule has 0 saturated heterocycles. The molecule has 0 aliphatic carbocycles. The molecule has 0 saturated carbocycles. The van der Waals surface area contributed by atoms with Gasteiger partial charge < -0.3 is 11.1 Å². The van der Waals surface area contributed by atoms with Gasteiger partial charge in [-0.1, -0.05) is 17.7 Å². The van der Waals surface area contributed by atoms with Crippen molar-refractivity contribution in [2.45, 2.75) is 12.2 Å². The average Bonchev–Trinajstić information content (AvgIpc) is 2.86. The van der Waals surface area contributed by atoms with Crippen molar-refractivity contribution in [3.05, 3.63) is 64.2 Å². The van der Waals surface area contributed by atoms with Gasteiger partial charge in [0.2, 0.25) is 0 Å². The highest BCUT2D eigenvalue weighted by atomic mass is 35.5. The fourth-order valence-corrected chi connectivity index (χ4v) is 2.85. The molecule has 1 aliphatic rings. The molecule has 1 atom stereocenters. The number of rotatable bonds is 2. The van der Waals surface area contributed by atoms with E-state index in [2.05, 4.69) is 5.32 Å². The summed E-state index contributed by atoms with van der Waals surface area (Å²) in [4.78, 5) is 36.9. The number of benzene rings is 2. The van der Waals surface area contributed by atoms with Crippen molar-refractivity contribution in [1.82, 2.24) is 5.32 Å². The summed E-state index contributed by atoms with van der Waals surface area (Å²) in [7, 11) is 0.